The summed E-state index contributed by atoms with van der Waals surface area (Å²) in [6.45, 7) is 13.2. The summed E-state index contributed by atoms with van der Waals surface area (Å²) in [7, 11) is 0. The van der Waals surface area contributed by atoms with Gasteiger partial charge in [-0.2, -0.15) is 0 Å². The maximum Gasteiger partial charge on any atom is 0.408 e. The van der Waals surface area contributed by atoms with Crippen molar-refractivity contribution in [2.75, 3.05) is 0 Å². The van der Waals surface area contributed by atoms with Crippen LogP contribution in [0.4, 0.5) is 4.79 Å². The summed E-state index contributed by atoms with van der Waals surface area (Å²) in [5, 5.41) is 14.1. The van der Waals surface area contributed by atoms with Gasteiger partial charge in [-0.15, -0.1) is 10.2 Å². The number of amides is 2. The normalized spacial score (nSPS) is 17.0. The fraction of sp³-hybridized carbons (Fsp3) is 0.783. The second-order valence-electron chi connectivity index (χ2n) is 10.3. The van der Waals surface area contributed by atoms with E-state index in [1.54, 1.807) is 20.8 Å². The summed E-state index contributed by atoms with van der Waals surface area (Å²) in [5.41, 5.74) is -1.81. The second-order valence-corrected chi connectivity index (χ2v) is 11.9. The van der Waals surface area contributed by atoms with Crippen LogP contribution in [0.2, 0.25) is 0 Å². The molecule has 1 heterocycles. The predicted molar refractivity (Wildman–Crippen MR) is 126 cm³/mol. The van der Waals surface area contributed by atoms with Crippen LogP contribution >= 0.6 is 11.8 Å². The number of Topliss-reactive ketones (excluding diaryl/α,β-unsaturated/α-hetero) is 1. The van der Waals surface area contributed by atoms with Crippen molar-refractivity contribution in [2.24, 2.45) is 5.92 Å². The first-order valence-electron chi connectivity index (χ1n) is 11.7. The SMILES string of the molecule is CC(C)C[C@H](NC(=O)C1(NC(=O)OC(C)(C)C)CCCCC1)C(=O)c1nnc(SC(C)C)o1. The fourth-order valence-corrected chi connectivity index (χ4v) is 4.39. The lowest BCUT2D eigenvalue weighted by atomic mass is 9.80. The fourth-order valence-electron chi connectivity index (χ4n) is 3.77. The van der Waals surface area contributed by atoms with Crippen molar-refractivity contribution in [3.8, 4) is 0 Å². The van der Waals surface area contributed by atoms with Gasteiger partial charge in [0.15, 0.2) is 0 Å². The highest BCUT2D eigenvalue weighted by Crippen LogP contribution is 2.30. The predicted octanol–water partition coefficient (Wildman–Crippen LogP) is 4.51. The average Bonchev–Trinajstić information content (AvgIpc) is 3.13. The molecule has 9 nitrogen and oxygen atoms in total. The molecule has 1 fully saturated rings. The molecule has 0 bridgehead atoms. The molecule has 2 amide bonds. The zero-order valence-electron chi connectivity index (χ0n) is 20.8. The number of hydrogen-bond donors (Lipinski definition) is 2. The summed E-state index contributed by atoms with van der Waals surface area (Å²) in [4.78, 5) is 39.2. The van der Waals surface area contributed by atoms with E-state index in [-0.39, 0.29) is 23.0 Å². The number of rotatable bonds is 9. The van der Waals surface area contributed by atoms with Gasteiger partial charge < -0.3 is 19.8 Å². The van der Waals surface area contributed by atoms with Crippen LogP contribution < -0.4 is 10.6 Å². The van der Waals surface area contributed by atoms with E-state index in [0.717, 1.165) is 19.3 Å². The number of ether oxygens (including phenoxy) is 1. The van der Waals surface area contributed by atoms with E-state index in [0.29, 0.717) is 24.5 Å². The van der Waals surface area contributed by atoms with E-state index in [1.807, 2.05) is 27.7 Å². The molecule has 2 rings (SSSR count). The number of aromatic nitrogens is 2. The van der Waals surface area contributed by atoms with E-state index >= 15 is 0 Å². The molecule has 1 atom stereocenters. The summed E-state index contributed by atoms with van der Waals surface area (Å²) < 4.78 is 10.9. The van der Waals surface area contributed by atoms with E-state index in [2.05, 4.69) is 20.8 Å². The molecule has 0 spiro atoms. The van der Waals surface area contributed by atoms with Crippen molar-refractivity contribution in [1.82, 2.24) is 20.8 Å². The first-order chi connectivity index (χ1) is 15.3. The molecule has 0 aromatic carbocycles. The van der Waals surface area contributed by atoms with E-state index in [1.165, 1.54) is 11.8 Å². The summed E-state index contributed by atoms with van der Waals surface area (Å²) in [5.74, 6) is -0.804. The number of nitrogens with one attached hydrogen (secondary N) is 2. The van der Waals surface area contributed by atoms with Crippen molar-refractivity contribution in [1.29, 1.82) is 0 Å². The molecule has 10 heteroatoms. The number of carbonyl (C=O) groups is 3. The zero-order valence-corrected chi connectivity index (χ0v) is 21.6. The van der Waals surface area contributed by atoms with Crippen LogP contribution in [0.15, 0.2) is 9.64 Å². The van der Waals surface area contributed by atoms with Gasteiger partial charge in [0, 0.05) is 5.25 Å². The smallest absolute Gasteiger partial charge is 0.408 e. The van der Waals surface area contributed by atoms with E-state index < -0.39 is 29.1 Å². The first kappa shape index (κ1) is 27.1. The molecule has 33 heavy (non-hydrogen) atoms. The van der Waals surface area contributed by atoms with E-state index in [4.69, 9.17) is 9.15 Å². The average molecular weight is 483 g/mol. The van der Waals surface area contributed by atoms with Crippen molar-refractivity contribution in [2.45, 2.75) is 115 Å². The number of ketones is 1. The van der Waals surface area contributed by atoms with Crippen molar-refractivity contribution in [3.05, 3.63) is 5.89 Å². The van der Waals surface area contributed by atoms with Crippen LogP contribution in [0.1, 0.15) is 97.7 Å². The number of alkyl carbamates (subject to hydrolysis) is 1. The molecule has 1 aliphatic rings. The highest BCUT2D eigenvalue weighted by Gasteiger charge is 2.43. The van der Waals surface area contributed by atoms with Gasteiger partial charge >= 0.3 is 6.09 Å². The highest BCUT2D eigenvalue weighted by molar-refractivity contribution is 7.99. The summed E-state index contributed by atoms with van der Waals surface area (Å²) in [6, 6.07) is -0.839. The molecular formula is C23H38N4O5S. The number of thioether (sulfide) groups is 1. The Morgan fingerprint density at radius 2 is 1.73 bits per heavy atom. The molecule has 0 radical (unpaired) electrons. The van der Waals surface area contributed by atoms with Crippen LogP contribution in [0.25, 0.3) is 0 Å². The lowest BCUT2D eigenvalue weighted by Gasteiger charge is -2.38. The minimum Gasteiger partial charge on any atom is -0.444 e. The molecule has 0 unspecified atom stereocenters. The Kier molecular flexibility index (Phi) is 9.34. The van der Waals surface area contributed by atoms with Crippen LogP contribution in [0.5, 0.6) is 0 Å². The zero-order chi connectivity index (χ0) is 24.8. The third-order valence-electron chi connectivity index (χ3n) is 5.16. The number of carbonyl (C=O) groups excluding carboxylic acids is 3. The maximum absolute atomic E-state index is 13.5. The quantitative estimate of drug-likeness (QED) is 0.389. The number of hydrogen-bond acceptors (Lipinski definition) is 8. The molecule has 2 N–H and O–H groups in total. The van der Waals surface area contributed by atoms with Crippen LogP contribution in [-0.4, -0.2) is 50.4 Å². The highest BCUT2D eigenvalue weighted by atomic mass is 32.2. The van der Waals surface area contributed by atoms with Crippen LogP contribution in [0.3, 0.4) is 0 Å². The lowest BCUT2D eigenvalue weighted by molar-refractivity contribution is -0.129. The van der Waals surface area contributed by atoms with Gasteiger partial charge in [0.2, 0.25) is 11.7 Å². The third kappa shape index (κ3) is 8.32. The van der Waals surface area contributed by atoms with Gasteiger partial charge in [-0.1, -0.05) is 58.7 Å². The molecule has 1 aliphatic carbocycles. The minimum absolute atomic E-state index is 0.123. The van der Waals surface area contributed by atoms with Crippen molar-refractivity contribution < 1.29 is 23.5 Å². The van der Waals surface area contributed by atoms with Gasteiger partial charge in [-0.05, 0) is 46.0 Å². The van der Waals surface area contributed by atoms with Gasteiger partial charge in [-0.25, -0.2) is 4.79 Å². The largest absolute Gasteiger partial charge is 0.444 e. The topological polar surface area (TPSA) is 123 Å². The Hall–Kier alpha value is -2.10. The lowest BCUT2D eigenvalue weighted by Crippen LogP contribution is -2.62. The molecule has 0 saturated heterocycles. The third-order valence-corrected chi connectivity index (χ3v) is 6.00. The van der Waals surface area contributed by atoms with Crippen molar-refractivity contribution in [3.63, 3.8) is 0 Å². The second kappa shape index (κ2) is 11.4. The Balaban J connectivity index is 2.22. The van der Waals surface area contributed by atoms with Gasteiger partial charge in [0.25, 0.3) is 11.1 Å². The molecule has 186 valence electrons. The molecule has 1 aromatic heterocycles. The number of nitrogens with zero attached hydrogens (tertiary/aromatic N) is 2. The standard InChI is InChI=1S/C23H38N4O5S/c1-14(2)13-16(17(28)18-26-27-21(31-18)33-15(3)4)24-19(29)23(11-9-8-10-12-23)25-20(30)32-22(5,6)7/h14-16H,8-13H2,1-7H3,(H,24,29)(H,25,30)/t16-/m0/s1. The Morgan fingerprint density at radius 1 is 1.09 bits per heavy atom. The van der Waals surface area contributed by atoms with Crippen molar-refractivity contribution >= 4 is 29.5 Å². The van der Waals surface area contributed by atoms with Gasteiger partial charge in [0.1, 0.15) is 11.1 Å². The van der Waals surface area contributed by atoms with E-state index in [9.17, 15) is 14.4 Å². The Labute approximate surface area is 200 Å². The molecule has 0 aliphatic heterocycles. The monoisotopic (exact) mass is 482 g/mol. The summed E-state index contributed by atoms with van der Waals surface area (Å²) >= 11 is 1.37. The van der Waals surface area contributed by atoms with Crippen LogP contribution in [0, 0.1) is 5.92 Å². The first-order valence-corrected chi connectivity index (χ1v) is 12.6. The van der Waals surface area contributed by atoms with Crippen LogP contribution in [-0.2, 0) is 9.53 Å². The molecular weight excluding hydrogens is 444 g/mol. The van der Waals surface area contributed by atoms with Gasteiger partial charge in [0.05, 0.1) is 6.04 Å². The molecule has 1 aromatic rings. The Bertz CT molecular complexity index is 825. The molecule has 1 saturated carbocycles. The Morgan fingerprint density at radius 3 is 2.27 bits per heavy atom. The maximum atomic E-state index is 13.5. The summed E-state index contributed by atoms with van der Waals surface area (Å²) in [6.07, 6.45) is 3.31. The minimum atomic E-state index is -1.12. The van der Waals surface area contributed by atoms with Gasteiger partial charge in [-0.3, -0.25) is 9.59 Å².